The lowest BCUT2D eigenvalue weighted by Gasteiger charge is -2.65. The van der Waals surface area contributed by atoms with Crippen LogP contribution in [0.5, 0.6) is 0 Å². The highest BCUT2D eigenvalue weighted by Gasteiger charge is 2.81. The van der Waals surface area contributed by atoms with Crippen LogP contribution < -0.4 is 4.90 Å². The number of benzene rings is 1. The Labute approximate surface area is 176 Å². The molecule has 4 atom stereocenters. The van der Waals surface area contributed by atoms with Gasteiger partial charge < -0.3 is 19.1 Å². The van der Waals surface area contributed by atoms with Gasteiger partial charge in [-0.1, -0.05) is 12.1 Å². The summed E-state index contributed by atoms with van der Waals surface area (Å²) in [5, 5.41) is 0. The minimum atomic E-state index is -2.12. The van der Waals surface area contributed by atoms with Crippen molar-refractivity contribution in [3.8, 4) is 0 Å². The van der Waals surface area contributed by atoms with Crippen LogP contribution in [0.4, 0.5) is 5.69 Å². The number of hydrogen-bond acceptors (Lipinski definition) is 8. The fourth-order valence-corrected chi connectivity index (χ4v) is 6.91. The highest BCUT2D eigenvalue weighted by molar-refractivity contribution is 7.88. The summed E-state index contributed by atoms with van der Waals surface area (Å²) in [4.78, 5) is 52.6. The van der Waals surface area contributed by atoms with Gasteiger partial charge >= 0.3 is 17.9 Å². The number of para-hydroxylation sites is 1. The first-order valence-electron chi connectivity index (χ1n) is 9.36. The Balaban J connectivity index is 2.36. The normalized spacial score (nSPS) is 29.0. The fraction of sp³-hybridized carbons (Fsp3) is 0.500. The molecule has 1 aliphatic carbocycles. The maximum absolute atomic E-state index is 13.9. The van der Waals surface area contributed by atoms with Crippen LogP contribution in [0, 0.1) is 5.92 Å². The molecule has 1 aromatic carbocycles. The molecule has 1 saturated carbocycles. The van der Waals surface area contributed by atoms with Crippen molar-refractivity contribution >= 4 is 40.3 Å². The van der Waals surface area contributed by atoms with Crippen LogP contribution >= 0.6 is 0 Å². The van der Waals surface area contributed by atoms with Crippen molar-refractivity contribution in [3.63, 3.8) is 0 Å². The molecular formula is C20H23NO8S. The number of carbonyl (C=O) groups excluding carboxylic acids is 4. The van der Waals surface area contributed by atoms with E-state index in [2.05, 4.69) is 0 Å². The van der Waals surface area contributed by atoms with Crippen LogP contribution in [0.15, 0.2) is 29.2 Å². The molecule has 0 N–H and O–H groups in total. The molecule has 162 valence electrons. The summed E-state index contributed by atoms with van der Waals surface area (Å²) in [6.45, 7) is 2.99. The van der Waals surface area contributed by atoms with Crippen LogP contribution in [-0.2, 0) is 44.2 Å². The molecule has 1 aromatic rings. The zero-order valence-electron chi connectivity index (χ0n) is 17.1. The first-order valence-corrected chi connectivity index (χ1v) is 10.5. The van der Waals surface area contributed by atoms with E-state index in [1.807, 2.05) is 0 Å². The first-order chi connectivity index (χ1) is 14.2. The molecule has 0 aromatic heterocycles. The molecule has 1 aliphatic heterocycles. The summed E-state index contributed by atoms with van der Waals surface area (Å²) in [5.74, 6) is -4.04. The second kappa shape index (κ2) is 7.82. The summed E-state index contributed by atoms with van der Waals surface area (Å²) < 4.78 is 26.8. The number of rotatable bonds is 5. The van der Waals surface area contributed by atoms with E-state index in [4.69, 9.17) is 14.2 Å². The Morgan fingerprint density at radius 1 is 1.17 bits per heavy atom. The smallest absolute Gasteiger partial charge is 0.328 e. The van der Waals surface area contributed by atoms with Gasteiger partial charge in [-0.2, -0.15) is 0 Å². The molecule has 9 nitrogen and oxygen atoms in total. The van der Waals surface area contributed by atoms with Crippen LogP contribution in [0.3, 0.4) is 0 Å². The maximum atomic E-state index is 13.9. The Morgan fingerprint density at radius 2 is 1.83 bits per heavy atom. The van der Waals surface area contributed by atoms with Crippen LogP contribution in [-0.4, -0.2) is 59.1 Å². The highest BCUT2D eigenvalue weighted by atomic mass is 32.2. The van der Waals surface area contributed by atoms with Crippen molar-refractivity contribution in [2.45, 2.75) is 41.9 Å². The third-order valence-electron chi connectivity index (χ3n) is 5.78. The zero-order chi connectivity index (χ0) is 22.3. The largest absolute Gasteiger partial charge is 0.469 e. The third kappa shape index (κ3) is 2.69. The Morgan fingerprint density at radius 3 is 2.40 bits per heavy atom. The lowest BCUT2D eigenvalue weighted by atomic mass is 9.55. The van der Waals surface area contributed by atoms with E-state index in [-0.39, 0.29) is 17.9 Å². The lowest BCUT2D eigenvalue weighted by Crippen LogP contribution is -2.84. The monoisotopic (exact) mass is 437 g/mol. The van der Waals surface area contributed by atoms with Gasteiger partial charge in [0.1, 0.15) is 0 Å². The number of methoxy groups -OCH3 is 2. The van der Waals surface area contributed by atoms with Crippen molar-refractivity contribution in [3.05, 3.63) is 24.3 Å². The van der Waals surface area contributed by atoms with Crippen molar-refractivity contribution in [2.24, 2.45) is 5.92 Å². The highest BCUT2D eigenvalue weighted by Crippen LogP contribution is 2.63. The SMILES string of the molecule is CCOC(=O)CC12CC(C(=O)OC)C1(C(=O)OC)S(=O)c1ccccc1N2C(C)=O. The number of nitrogens with zero attached hydrogens (tertiary/aromatic N) is 1. The van der Waals surface area contributed by atoms with Gasteiger partial charge in [0.25, 0.3) is 0 Å². The van der Waals surface area contributed by atoms with Gasteiger partial charge in [0, 0.05) is 6.92 Å². The van der Waals surface area contributed by atoms with Crippen LogP contribution in [0.2, 0.25) is 0 Å². The van der Waals surface area contributed by atoms with E-state index < -0.39 is 57.2 Å². The molecule has 1 fully saturated rings. The molecule has 1 heterocycles. The summed E-state index contributed by atoms with van der Waals surface area (Å²) >= 11 is 0. The summed E-state index contributed by atoms with van der Waals surface area (Å²) in [7, 11) is 0.142. The van der Waals surface area contributed by atoms with Gasteiger partial charge in [-0.05, 0) is 25.5 Å². The van der Waals surface area contributed by atoms with E-state index >= 15 is 0 Å². The molecule has 10 heteroatoms. The summed E-state index contributed by atoms with van der Waals surface area (Å²) in [6, 6.07) is 6.39. The Hall–Kier alpha value is -2.75. The van der Waals surface area contributed by atoms with Gasteiger partial charge in [0.2, 0.25) is 5.91 Å². The number of fused-ring (bicyclic) bond motifs is 2. The molecule has 30 heavy (non-hydrogen) atoms. The van der Waals surface area contributed by atoms with E-state index in [0.29, 0.717) is 5.69 Å². The number of anilines is 1. The van der Waals surface area contributed by atoms with Crippen molar-refractivity contribution in [1.82, 2.24) is 0 Å². The predicted octanol–water partition coefficient (Wildman–Crippen LogP) is 0.957. The number of hydrogen-bond donors (Lipinski definition) is 0. The van der Waals surface area contributed by atoms with Crippen molar-refractivity contribution < 1.29 is 37.6 Å². The molecule has 3 rings (SSSR count). The van der Waals surface area contributed by atoms with E-state index in [9.17, 15) is 23.4 Å². The van der Waals surface area contributed by atoms with E-state index in [1.165, 1.54) is 17.9 Å². The van der Waals surface area contributed by atoms with Gasteiger partial charge in [-0.15, -0.1) is 0 Å². The van der Waals surface area contributed by atoms with Crippen LogP contribution in [0.25, 0.3) is 0 Å². The molecule has 2 aliphatic rings. The van der Waals surface area contributed by atoms with E-state index in [1.54, 1.807) is 25.1 Å². The topological polar surface area (TPSA) is 116 Å². The second-order valence-electron chi connectivity index (χ2n) is 7.11. The van der Waals surface area contributed by atoms with E-state index in [0.717, 1.165) is 14.2 Å². The van der Waals surface area contributed by atoms with Gasteiger partial charge in [0.05, 0.1) is 60.1 Å². The van der Waals surface area contributed by atoms with Gasteiger partial charge in [-0.25, -0.2) is 0 Å². The van der Waals surface area contributed by atoms with Gasteiger partial charge in [0.15, 0.2) is 4.75 Å². The van der Waals surface area contributed by atoms with Crippen LogP contribution in [0.1, 0.15) is 26.7 Å². The van der Waals surface area contributed by atoms with Gasteiger partial charge in [-0.3, -0.25) is 23.4 Å². The molecular weight excluding hydrogens is 414 g/mol. The third-order valence-corrected chi connectivity index (χ3v) is 7.94. The number of amides is 1. The Kier molecular flexibility index (Phi) is 5.72. The van der Waals surface area contributed by atoms with Crippen molar-refractivity contribution in [1.29, 1.82) is 0 Å². The Bertz CT molecular complexity index is 946. The molecule has 1 amide bonds. The second-order valence-corrected chi connectivity index (χ2v) is 8.73. The summed E-state index contributed by atoms with van der Waals surface area (Å²) in [6.07, 6.45) is -0.531. The molecule has 4 unspecified atom stereocenters. The quantitative estimate of drug-likeness (QED) is 0.494. The first kappa shape index (κ1) is 21.9. The average molecular weight is 437 g/mol. The molecule has 0 radical (unpaired) electrons. The standard InChI is InChI=1S/C20H23NO8S/c1-5-29-16(23)11-19-10-13(17(24)27-3)20(19,18(25)28-4)30(26)15-9-7-6-8-14(15)21(19)12(2)22/h6-9,13H,5,10-11H2,1-4H3. The minimum Gasteiger partial charge on any atom is -0.469 e. The van der Waals surface area contributed by atoms with Crippen molar-refractivity contribution in [2.75, 3.05) is 25.7 Å². The molecule has 0 bridgehead atoms. The maximum Gasteiger partial charge on any atom is 0.328 e. The predicted molar refractivity (Wildman–Crippen MR) is 105 cm³/mol. The number of esters is 3. The fourth-order valence-electron chi connectivity index (χ4n) is 4.74. The molecule has 0 saturated heterocycles. The summed E-state index contributed by atoms with van der Waals surface area (Å²) in [5.41, 5.74) is -1.29. The minimum absolute atomic E-state index is 0.0836. The molecule has 0 spiro atoms. The lowest BCUT2D eigenvalue weighted by molar-refractivity contribution is -0.171. The average Bonchev–Trinajstić information content (AvgIpc) is 2.70. The zero-order valence-corrected chi connectivity index (χ0v) is 17.9. The number of ether oxygens (including phenoxy) is 3. The number of carbonyl (C=O) groups is 4.